The molecule has 0 radical (unpaired) electrons. The van der Waals surface area contributed by atoms with Crippen molar-refractivity contribution in [3.05, 3.63) is 65.0 Å². The molecule has 1 aliphatic heterocycles. The van der Waals surface area contributed by atoms with E-state index in [0.29, 0.717) is 12.3 Å². The first-order valence-corrected chi connectivity index (χ1v) is 10.1. The Kier molecular flexibility index (Phi) is 6.24. The Balaban J connectivity index is 1.87. The predicted octanol–water partition coefficient (Wildman–Crippen LogP) is 5.95. The highest BCUT2D eigenvalue weighted by Crippen LogP contribution is 2.51. The minimum atomic E-state index is -4.98. The van der Waals surface area contributed by atoms with Gasteiger partial charge in [-0.2, -0.15) is 40.1 Å². The lowest BCUT2D eigenvalue weighted by Gasteiger charge is -2.31. The van der Waals surface area contributed by atoms with E-state index in [1.165, 1.54) is 25.1 Å². The molecule has 1 aromatic carbocycles. The number of benzene rings is 1. The summed E-state index contributed by atoms with van der Waals surface area (Å²) >= 11 is 0.229. The number of alkyl halides is 8. The second-order valence-electron chi connectivity index (χ2n) is 7.31. The first-order chi connectivity index (χ1) is 15.1. The third kappa shape index (κ3) is 4.68. The Morgan fingerprint density at radius 1 is 1.00 bits per heavy atom. The largest absolute Gasteiger partial charge is 0.433 e. The second-order valence-corrected chi connectivity index (χ2v) is 8.72. The lowest BCUT2D eigenvalue weighted by atomic mass is 9.94. The van der Waals surface area contributed by atoms with Gasteiger partial charge in [-0.15, -0.1) is 0 Å². The van der Waals surface area contributed by atoms with Crippen molar-refractivity contribution in [3.63, 3.8) is 0 Å². The molecule has 1 aliphatic rings. The summed E-state index contributed by atoms with van der Waals surface area (Å²) in [6.45, 7) is 2.13. The standard InChI is InChI=1S/C20H15F8N3OS/c1-10(12-5-3-4-6-13(12)19(23,24)25)30-16-31-15(32)17(2,33-16)18(21,22)11-7-8-29-14(9-11)20(26,27)28/h3-10H,1-2H3,(H,30,31,32)/t10-,17?/m0/s1. The van der Waals surface area contributed by atoms with E-state index >= 15 is 8.78 Å². The van der Waals surface area contributed by atoms with Crippen LogP contribution in [0, 0.1) is 0 Å². The van der Waals surface area contributed by atoms with Crippen LogP contribution in [0.4, 0.5) is 35.1 Å². The molecule has 1 N–H and O–H groups in total. The highest BCUT2D eigenvalue weighted by atomic mass is 32.2. The van der Waals surface area contributed by atoms with Crippen LogP contribution in [-0.4, -0.2) is 20.8 Å². The predicted molar refractivity (Wildman–Crippen MR) is 105 cm³/mol. The van der Waals surface area contributed by atoms with Gasteiger partial charge in [0.2, 0.25) is 0 Å². The zero-order valence-corrected chi connectivity index (χ0v) is 17.7. The maximum Gasteiger partial charge on any atom is 0.433 e. The Morgan fingerprint density at radius 3 is 2.24 bits per heavy atom. The van der Waals surface area contributed by atoms with Gasteiger partial charge in [0.1, 0.15) is 5.69 Å². The molecular formula is C20H15F8N3OS. The molecule has 0 fully saturated rings. The molecule has 1 amide bonds. The average Bonchev–Trinajstić information content (AvgIpc) is 3.01. The summed E-state index contributed by atoms with van der Waals surface area (Å²) in [7, 11) is 0. The van der Waals surface area contributed by atoms with E-state index in [1.807, 2.05) is 0 Å². The van der Waals surface area contributed by atoms with Gasteiger partial charge in [0.05, 0.1) is 11.6 Å². The molecular weight excluding hydrogens is 482 g/mol. The number of rotatable bonds is 4. The highest BCUT2D eigenvalue weighted by Gasteiger charge is 2.61. The van der Waals surface area contributed by atoms with Crippen molar-refractivity contribution in [2.45, 2.75) is 42.9 Å². The van der Waals surface area contributed by atoms with Gasteiger partial charge in [-0.25, -0.2) is 0 Å². The topological polar surface area (TPSA) is 54.4 Å². The number of amidine groups is 1. The summed E-state index contributed by atoms with van der Waals surface area (Å²) in [5.74, 6) is -5.46. The van der Waals surface area contributed by atoms with Gasteiger partial charge >= 0.3 is 12.4 Å². The number of halogens is 8. The molecule has 0 saturated carbocycles. The van der Waals surface area contributed by atoms with Crippen LogP contribution >= 0.6 is 11.8 Å². The fourth-order valence-electron chi connectivity index (χ4n) is 3.17. The third-order valence-electron chi connectivity index (χ3n) is 5.00. The summed E-state index contributed by atoms with van der Waals surface area (Å²) in [4.78, 5) is 18.9. The van der Waals surface area contributed by atoms with Crippen molar-refractivity contribution >= 4 is 22.8 Å². The van der Waals surface area contributed by atoms with E-state index in [4.69, 9.17) is 0 Å². The molecule has 2 aromatic rings. The number of nitrogens with zero attached hydrogens (tertiary/aromatic N) is 2. The van der Waals surface area contributed by atoms with E-state index in [2.05, 4.69) is 15.3 Å². The molecule has 0 bridgehead atoms. The summed E-state index contributed by atoms with van der Waals surface area (Å²) in [6.07, 6.45) is -9.11. The SMILES string of the molecule is C[C@H](NC1=NC(=O)C(C)(C(F)(F)c2ccnc(C(F)(F)F)c2)S1)c1ccccc1C(F)(F)F. The van der Waals surface area contributed by atoms with E-state index in [9.17, 15) is 31.1 Å². The quantitative estimate of drug-likeness (QED) is 0.531. The maximum atomic E-state index is 15.2. The molecule has 0 aliphatic carbocycles. The number of nitrogens with one attached hydrogen (secondary N) is 1. The van der Waals surface area contributed by atoms with Gasteiger partial charge in [-0.05, 0) is 37.6 Å². The number of pyridine rings is 1. The Bertz CT molecular complexity index is 1100. The van der Waals surface area contributed by atoms with Crippen molar-refractivity contribution < 1.29 is 39.9 Å². The molecule has 2 atom stereocenters. The van der Waals surface area contributed by atoms with Crippen LogP contribution in [0.1, 0.15) is 42.3 Å². The molecule has 13 heteroatoms. The molecule has 0 spiro atoms. The van der Waals surface area contributed by atoms with Gasteiger partial charge in [0, 0.05) is 11.8 Å². The monoisotopic (exact) mass is 497 g/mol. The Labute approximate surface area is 186 Å². The van der Waals surface area contributed by atoms with E-state index in [0.717, 1.165) is 13.0 Å². The normalized spacial score (nSPS) is 20.5. The molecule has 4 nitrogen and oxygen atoms in total. The molecule has 2 heterocycles. The number of carbonyl (C=O) groups excluding carboxylic acids is 1. The van der Waals surface area contributed by atoms with Crippen LogP contribution in [0.3, 0.4) is 0 Å². The van der Waals surface area contributed by atoms with Crippen LogP contribution in [0.25, 0.3) is 0 Å². The molecule has 33 heavy (non-hydrogen) atoms. The van der Waals surface area contributed by atoms with E-state index < -0.39 is 51.8 Å². The van der Waals surface area contributed by atoms with Crippen LogP contribution in [0.5, 0.6) is 0 Å². The van der Waals surface area contributed by atoms with Gasteiger partial charge in [0.25, 0.3) is 11.8 Å². The number of aliphatic imine (C=N–C) groups is 1. The maximum absolute atomic E-state index is 15.2. The summed E-state index contributed by atoms with van der Waals surface area (Å²) in [5, 5.41) is 2.14. The second kappa shape index (κ2) is 8.26. The first kappa shape index (κ1) is 24.9. The van der Waals surface area contributed by atoms with Crippen LogP contribution < -0.4 is 5.32 Å². The summed E-state index contributed by atoms with van der Waals surface area (Å²) in [6, 6.07) is 4.31. The molecule has 3 rings (SSSR count). The van der Waals surface area contributed by atoms with Crippen molar-refractivity contribution in [2.75, 3.05) is 0 Å². The van der Waals surface area contributed by atoms with Crippen molar-refractivity contribution in [1.29, 1.82) is 0 Å². The fourth-order valence-corrected chi connectivity index (χ4v) is 4.30. The van der Waals surface area contributed by atoms with Gasteiger partial charge in [-0.1, -0.05) is 30.0 Å². The molecule has 0 saturated heterocycles. The fraction of sp³-hybridized carbons (Fsp3) is 0.350. The number of aromatic nitrogens is 1. The number of amides is 1. The Morgan fingerprint density at radius 2 is 1.64 bits per heavy atom. The first-order valence-electron chi connectivity index (χ1n) is 9.23. The van der Waals surface area contributed by atoms with Crippen LogP contribution in [-0.2, 0) is 23.1 Å². The minimum Gasteiger partial charge on any atom is -0.358 e. The zero-order chi connectivity index (χ0) is 24.8. The van der Waals surface area contributed by atoms with Gasteiger partial charge in [0.15, 0.2) is 9.91 Å². The van der Waals surface area contributed by atoms with Gasteiger partial charge < -0.3 is 5.32 Å². The van der Waals surface area contributed by atoms with E-state index in [-0.39, 0.29) is 28.6 Å². The molecule has 178 valence electrons. The van der Waals surface area contributed by atoms with Crippen molar-refractivity contribution in [2.24, 2.45) is 4.99 Å². The number of carbonyl (C=O) groups is 1. The van der Waals surface area contributed by atoms with Crippen molar-refractivity contribution in [3.8, 4) is 0 Å². The third-order valence-corrected chi connectivity index (χ3v) is 6.24. The summed E-state index contributed by atoms with van der Waals surface area (Å²) in [5.41, 5.74) is -3.81. The summed E-state index contributed by atoms with van der Waals surface area (Å²) < 4.78 is 106. The Hall–Kier alpha value is -2.70. The number of hydrogen-bond acceptors (Lipinski definition) is 4. The number of hydrogen-bond donors (Lipinski definition) is 1. The van der Waals surface area contributed by atoms with Crippen LogP contribution in [0.15, 0.2) is 47.6 Å². The molecule has 1 unspecified atom stereocenters. The van der Waals surface area contributed by atoms with E-state index in [1.54, 1.807) is 0 Å². The van der Waals surface area contributed by atoms with Crippen molar-refractivity contribution in [1.82, 2.24) is 10.3 Å². The van der Waals surface area contributed by atoms with Gasteiger partial charge in [-0.3, -0.25) is 9.78 Å². The minimum absolute atomic E-state index is 0.146. The molecule has 1 aromatic heterocycles. The lowest BCUT2D eigenvalue weighted by molar-refractivity contribution is -0.141. The zero-order valence-electron chi connectivity index (χ0n) is 16.9. The highest BCUT2D eigenvalue weighted by molar-refractivity contribution is 8.16. The lowest BCUT2D eigenvalue weighted by Crippen LogP contribution is -2.45. The number of thioether (sulfide) groups is 1. The van der Waals surface area contributed by atoms with Crippen LogP contribution in [0.2, 0.25) is 0 Å². The smallest absolute Gasteiger partial charge is 0.358 e. The average molecular weight is 497 g/mol.